The van der Waals surface area contributed by atoms with E-state index in [1.165, 1.54) is 5.56 Å². The second kappa shape index (κ2) is 5.40. The van der Waals surface area contributed by atoms with Gasteiger partial charge in [-0.25, -0.2) is 4.68 Å². The van der Waals surface area contributed by atoms with Gasteiger partial charge in [-0.3, -0.25) is 0 Å². The van der Waals surface area contributed by atoms with Crippen molar-refractivity contribution in [1.29, 1.82) is 0 Å². The fourth-order valence-corrected chi connectivity index (χ4v) is 2.19. The molecule has 3 rings (SSSR count). The number of hydrogen-bond donors (Lipinski definition) is 1. The van der Waals surface area contributed by atoms with E-state index in [9.17, 15) is 0 Å². The van der Waals surface area contributed by atoms with E-state index in [1.54, 1.807) is 4.68 Å². The van der Waals surface area contributed by atoms with Gasteiger partial charge in [0.25, 0.3) is 0 Å². The molecule has 0 atom stereocenters. The number of rotatable bonds is 3. The summed E-state index contributed by atoms with van der Waals surface area (Å²) in [5.41, 5.74) is 10.6. The van der Waals surface area contributed by atoms with Crippen LogP contribution < -0.4 is 5.73 Å². The number of aromatic nitrogens is 3. The highest BCUT2D eigenvalue weighted by molar-refractivity contribution is 5.59. The smallest absolute Gasteiger partial charge is 0.113 e. The molecule has 0 aliphatic rings. The zero-order valence-corrected chi connectivity index (χ0v) is 12.2. The maximum absolute atomic E-state index is 5.69. The Hall–Kier alpha value is -2.62. The molecule has 0 radical (unpaired) electrons. The van der Waals surface area contributed by atoms with Crippen molar-refractivity contribution in [3.8, 4) is 16.9 Å². The average Bonchev–Trinajstić information content (AvgIpc) is 2.98. The molecule has 0 aliphatic carbocycles. The number of anilines is 1. The van der Waals surface area contributed by atoms with Crippen molar-refractivity contribution in [3.05, 3.63) is 60.3 Å². The zero-order valence-electron chi connectivity index (χ0n) is 12.2. The molecular weight excluding hydrogens is 260 g/mol. The Morgan fingerprint density at radius 2 is 1.62 bits per heavy atom. The van der Waals surface area contributed by atoms with Crippen LogP contribution in [0.1, 0.15) is 25.3 Å². The van der Waals surface area contributed by atoms with Gasteiger partial charge in [0.2, 0.25) is 0 Å². The fraction of sp³-hybridized carbons (Fsp3) is 0.176. The van der Waals surface area contributed by atoms with Crippen molar-refractivity contribution < 1.29 is 0 Å². The maximum Gasteiger partial charge on any atom is 0.113 e. The maximum atomic E-state index is 5.69. The second-order valence-electron chi connectivity index (χ2n) is 5.42. The van der Waals surface area contributed by atoms with E-state index in [0.29, 0.717) is 5.92 Å². The average molecular weight is 278 g/mol. The highest BCUT2D eigenvalue weighted by Gasteiger charge is 2.06. The van der Waals surface area contributed by atoms with Crippen molar-refractivity contribution in [2.75, 3.05) is 5.73 Å². The van der Waals surface area contributed by atoms with Crippen LogP contribution in [0.3, 0.4) is 0 Å². The number of nitrogens with two attached hydrogens (primary N) is 1. The zero-order chi connectivity index (χ0) is 14.8. The van der Waals surface area contributed by atoms with Crippen LogP contribution in [0.15, 0.2) is 54.7 Å². The first-order chi connectivity index (χ1) is 10.1. The van der Waals surface area contributed by atoms with Gasteiger partial charge < -0.3 is 5.73 Å². The van der Waals surface area contributed by atoms with Gasteiger partial charge in [-0.15, -0.1) is 5.10 Å². The quantitative estimate of drug-likeness (QED) is 0.744. The first-order valence-electron chi connectivity index (χ1n) is 7.02. The highest BCUT2D eigenvalue weighted by Crippen LogP contribution is 2.21. The fourth-order valence-electron chi connectivity index (χ4n) is 2.19. The standard InChI is InChI=1S/C17H18N4/c1-12(2)13-3-5-14(6-4-13)17-11-21(20-19-17)16-9-7-15(18)8-10-16/h3-12H,18H2,1-2H3. The summed E-state index contributed by atoms with van der Waals surface area (Å²) in [6.45, 7) is 4.37. The summed E-state index contributed by atoms with van der Waals surface area (Å²) in [4.78, 5) is 0. The first-order valence-corrected chi connectivity index (χ1v) is 7.02. The highest BCUT2D eigenvalue weighted by atomic mass is 15.4. The SMILES string of the molecule is CC(C)c1ccc(-c2cn(-c3ccc(N)cc3)nn2)cc1. The van der Waals surface area contributed by atoms with E-state index in [4.69, 9.17) is 5.73 Å². The lowest BCUT2D eigenvalue weighted by molar-refractivity contribution is 0.804. The third-order valence-electron chi connectivity index (χ3n) is 3.52. The Balaban J connectivity index is 1.89. The second-order valence-corrected chi connectivity index (χ2v) is 5.42. The van der Waals surface area contributed by atoms with Gasteiger partial charge in [-0.05, 0) is 35.7 Å². The summed E-state index contributed by atoms with van der Waals surface area (Å²) in [5.74, 6) is 0.532. The van der Waals surface area contributed by atoms with Gasteiger partial charge in [0, 0.05) is 11.3 Å². The first kappa shape index (κ1) is 13.4. The van der Waals surface area contributed by atoms with Crippen LogP contribution in [0.4, 0.5) is 5.69 Å². The van der Waals surface area contributed by atoms with Crippen LogP contribution in [0.25, 0.3) is 16.9 Å². The molecule has 0 spiro atoms. The topological polar surface area (TPSA) is 56.7 Å². The Morgan fingerprint density at radius 3 is 2.24 bits per heavy atom. The number of benzene rings is 2. The van der Waals surface area contributed by atoms with Gasteiger partial charge >= 0.3 is 0 Å². The van der Waals surface area contributed by atoms with Crippen LogP contribution >= 0.6 is 0 Å². The lowest BCUT2D eigenvalue weighted by atomic mass is 10.0. The van der Waals surface area contributed by atoms with E-state index < -0.39 is 0 Å². The monoisotopic (exact) mass is 278 g/mol. The van der Waals surface area contributed by atoms with Crippen LogP contribution in [0.5, 0.6) is 0 Å². The van der Waals surface area contributed by atoms with Crippen molar-refractivity contribution in [2.45, 2.75) is 19.8 Å². The largest absolute Gasteiger partial charge is 0.399 e. The molecule has 4 heteroatoms. The van der Waals surface area contributed by atoms with E-state index in [0.717, 1.165) is 22.6 Å². The van der Waals surface area contributed by atoms with E-state index in [2.05, 4.69) is 48.4 Å². The summed E-state index contributed by atoms with van der Waals surface area (Å²) in [7, 11) is 0. The normalized spacial score (nSPS) is 11.0. The molecule has 0 saturated carbocycles. The number of hydrogen-bond acceptors (Lipinski definition) is 3. The molecular formula is C17H18N4. The molecule has 106 valence electrons. The van der Waals surface area contributed by atoms with Crippen LogP contribution in [-0.4, -0.2) is 15.0 Å². The molecule has 21 heavy (non-hydrogen) atoms. The predicted molar refractivity (Wildman–Crippen MR) is 85.3 cm³/mol. The van der Waals surface area contributed by atoms with E-state index in [-0.39, 0.29) is 0 Å². The molecule has 0 unspecified atom stereocenters. The van der Waals surface area contributed by atoms with Crippen molar-refractivity contribution in [1.82, 2.24) is 15.0 Å². The molecule has 4 nitrogen and oxygen atoms in total. The minimum absolute atomic E-state index is 0.532. The van der Waals surface area contributed by atoms with Crippen molar-refractivity contribution in [3.63, 3.8) is 0 Å². The Labute approximate surface area is 124 Å². The molecule has 1 heterocycles. The van der Waals surface area contributed by atoms with Crippen molar-refractivity contribution in [2.24, 2.45) is 0 Å². The molecule has 0 fully saturated rings. The van der Waals surface area contributed by atoms with Crippen LogP contribution in [-0.2, 0) is 0 Å². The third-order valence-corrected chi connectivity index (χ3v) is 3.52. The summed E-state index contributed by atoms with van der Waals surface area (Å²) < 4.78 is 1.76. The lowest BCUT2D eigenvalue weighted by Crippen LogP contribution is -1.95. The molecule has 2 N–H and O–H groups in total. The summed E-state index contributed by atoms with van der Waals surface area (Å²) in [6, 6.07) is 16.0. The molecule has 0 bridgehead atoms. The molecule has 0 saturated heterocycles. The minimum Gasteiger partial charge on any atom is -0.399 e. The Kier molecular flexibility index (Phi) is 3.44. The van der Waals surface area contributed by atoms with Gasteiger partial charge in [0.15, 0.2) is 0 Å². The molecule has 0 amide bonds. The van der Waals surface area contributed by atoms with Crippen LogP contribution in [0.2, 0.25) is 0 Å². The Morgan fingerprint density at radius 1 is 0.952 bits per heavy atom. The molecule has 2 aromatic carbocycles. The lowest BCUT2D eigenvalue weighted by Gasteiger charge is -2.05. The molecule has 0 aliphatic heterocycles. The molecule has 1 aromatic heterocycles. The summed E-state index contributed by atoms with van der Waals surface area (Å²) >= 11 is 0. The Bertz CT molecular complexity index is 724. The predicted octanol–water partition coefficient (Wildman–Crippen LogP) is 3.64. The summed E-state index contributed by atoms with van der Waals surface area (Å²) in [6.07, 6.45) is 1.93. The number of nitrogens with zero attached hydrogens (tertiary/aromatic N) is 3. The third kappa shape index (κ3) is 2.79. The van der Waals surface area contributed by atoms with Crippen LogP contribution in [0, 0.1) is 0 Å². The van der Waals surface area contributed by atoms with Crippen molar-refractivity contribution >= 4 is 5.69 Å². The summed E-state index contributed by atoms with van der Waals surface area (Å²) in [5, 5.41) is 8.42. The number of nitrogen functional groups attached to an aromatic ring is 1. The van der Waals surface area contributed by atoms with Gasteiger partial charge in [0.05, 0.1) is 11.9 Å². The van der Waals surface area contributed by atoms with Gasteiger partial charge in [-0.1, -0.05) is 43.3 Å². The van der Waals surface area contributed by atoms with Gasteiger partial charge in [-0.2, -0.15) is 0 Å². The van der Waals surface area contributed by atoms with Gasteiger partial charge in [0.1, 0.15) is 5.69 Å². The van der Waals surface area contributed by atoms with E-state index >= 15 is 0 Å². The minimum atomic E-state index is 0.532. The van der Waals surface area contributed by atoms with E-state index in [1.807, 2.05) is 30.5 Å². The molecule has 3 aromatic rings.